The van der Waals surface area contributed by atoms with Crippen LogP contribution in [-0.2, 0) is 31.9 Å². The van der Waals surface area contributed by atoms with Crippen molar-refractivity contribution < 1.29 is 45.8 Å². The van der Waals surface area contributed by atoms with Crippen molar-refractivity contribution >= 4 is 54.8 Å². The van der Waals surface area contributed by atoms with Gasteiger partial charge in [-0.25, -0.2) is 4.98 Å². The summed E-state index contributed by atoms with van der Waals surface area (Å²) < 4.78 is 95.6. The zero-order valence-electron chi connectivity index (χ0n) is 53.1. The van der Waals surface area contributed by atoms with Crippen LogP contribution in [-0.4, -0.2) is 14.1 Å². The smallest absolute Gasteiger partial charge is 0.268 e. The second kappa shape index (κ2) is 19.0. The van der Waals surface area contributed by atoms with E-state index in [-0.39, 0.29) is 66.2 Å². The van der Waals surface area contributed by atoms with Crippen LogP contribution in [0.25, 0.3) is 128 Å². The Morgan fingerprint density at radius 1 is 0.506 bits per heavy atom. The second-order valence-corrected chi connectivity index (χ2v) is 22.6. The van der Waals surface area contributed by atoms with Crippen LogP contribution in [0.4, 0.5) is 0 Å². The summed E-state index contributed by atoms with van der Waals surface area (Å²) in [4.78, 5) is 4.88. The van der Waals surface area contributed by atoms with Gasteiger partial charge in [-0.3, -0.25) is 4.57 Å². The Kier molecular flexibility index (Phi) is 9.85. The summed E-state index contributed by atoms with van der Waals surface area (Å²) in [7, 11) is 0. The van der Waals surface area contributed by atoms with Crippen LogP contribution in [0.2, 0.25) is 0 Å². The van der Waals surface area contributed by atoms with Gasteiger partial charge in [0.05, 0.1) is 27.7 Å². The monoisotopic (exact) mass is 1230 g/mol. The zero-order valence-corrected chi connectivity index (χ0v) is 47.4. The van der Waals surface area contributed by atoms with Gasteiger partial charge in [0, 0.05) is 55.1 Å². The minimum atomic E-state index is -0.547. The van der Waals surface area contributed by atoms with E-state index in [0.29, 0.717) is 61.7 Å². The molecule has 0 bridgehead atoms. The topological polar surface area (TPSA) is 49.0 Å². The van der Waals surface area contributed by atoms with Crippen molar-refractivity contribution in [3.8, 4) is 84.3 Å². The number of imidazole rings is 1. The molecule has 7 heteroatoms. The molecule has 1 aliphatic rings. The molecule has 0 spiro atoms. The summed E-state index contributed by atoms with van der Waals surface area (Å²) in [6.07, 6.45) is 5.61. The molecular weight excluding hydrogens is 1170 g/mol. The van der Waals surface area contributed by atoms with Gasteiger partial charge < -0.3 is 18.3 Å². The first kappa shape index (κ1) is 41.9. The minimum absolute atomic E-state index is 0. The summed E-state index contributed by atoms with van der Waals surface area (Å²) in [5.41, 5.74) is 10.8. The summed E-state index contributed by atoms with van der Waals surface area (Å²) in [5, 5.41) is 3.81. The normalized spacial score (nSPS) is 13.6. The van der Waals surface area contributed by atoms with Crippen molar-refractivity contribution in [1.29, 1.82) is 0 Å². The number of furan rings is 1. The molecule has 0 N–H and O–H groups in total. The molecule has 0 radical (unpaired) electrons. The third kappa shape index (κ3) is 8.34. The minimum Gasteiger partial charge on any atom is -0.510 e. The summed E-state index contributed by atoms with van der Waals surface area (Å²) >= 11 is 0. The SMILES string of the molecule is [2H]c1c([2H])c([2H])c2c(c1[2H])-c1cccc(-c3ccc4oc5ccccc5c4c3)c1-[n+]1[c-]n(-c3[c-]c(Oc4[c-]c5c(cc4)c4ccccc4n5-c4cc(C(C)(C)C)ccn4)ccc3)c3cc(-c4ccc(C(C)(C)C)cc4)cc(c31)-c1c([2H])c([2H])c([2H])c([2H])c1-2.[Pt]. The van der Waals surface area contributed by atoms with E-state index in [1.807, 2.05) is 118 Å². The Morgan fingerprint density at radius 3 is 1.93 bits per heavy atom. The number of hydrogen-bond acceptors (Lipinski definition) is 3. The third-order valence-electron chi connectivity index (χ3n) is 15.6. The first-order valence-corrected chi connectivity index (χ1v) is 26.8. The molecule has 0 unspecified atom stereocenters. The average Bonchev–Trinajstić information content (AvgIpc) is 1.66. The van der Waals surface area contributed by atoms with Crippen LogP contribution in [0.15, 0.2) is 223 Å². The fraction of sp³-hybridized carbons (Fsp3) is 0.108. The van der Waals surface area contributed by atoms with E-state index in [1.54, 1.807) is 6.07 Å². The Labute approximate surface area is 496 Å². The van der Waals surface area contributed by atoms with Crippen molar-refractivity contribution in [2.45, 2.75) is 52.4 Å². The molecule has 0 saturated carbocycles. The average molecular weight is 1230 g/mol. The Hall–Kier alpha value is -9.09. The molecule has 4 aromatic heterocycles. The molecule has 0 amide bonds. The third-order valence-corrected chi connectivity index (χ3v) is 15.6. The van der Waals surface area contributed by atoms with Crippen LogP contribution < -0.4 is 9.30 Å². The van der Waals surface area contributed by atoms with E-state index in [1.165, 1.54) is 0 Å². The van der Waals surface area contributed by atoms with Crippen molar-refractivity contribution in [3.63, 3.8) is 0 Å². The van der Waals surface area contributed by atoms with Gasteiger partial charge in [-0.2, -0.15) is 18.2 Å². The number of benzene rings is 10. The fourth-order valence-electron chi connectivity index (χ4n) is 11.5. The number of aromatic nitrogens is 4. The van der Waals surface area contributed by atoms with E-state index in [0.717, 1.165) is 66.2 Å². The van der Waals surface area contributed by atoms with Crippen LogP contribution in [0.3, 0.4) is 0 Å². The van der Waals surface area contributed by atoms with E-state index in [9.17, 15) is 11.0 Å². The van der Waals surface area contributed by atoms with Crippen molar-refractivity contribution in [1.82, 2.24) is 14.1 Å². The number of hydrogen-bond donors (Lipinski definition) is 0. The van der Waals surface area contributed by atoms with Crippen LogP contribution in [0, 0.1) is 18.5 Å². The standard InChI is InChI=1S/C74H54N4O2.Pt/c1-73(2,3)49-32-29-46(30-33-49)48-40-64-58-22-10-8-20-56(58)55-19-7-9-21-57(55)62-26-16-25-54(47-31-36-69-63(39-47)61-24-12-14-28-68(61)80-69)71(62)77-45-76(67(41-48)72(64)77)51-17-15-18-52(43-51)79-53-34-35-60-59-23-11-13-27-65(59)78(66(60)44-53)70-42-50(37-38-75-70)74(4,5)6;/h7-42H,1-6H3;/q-2;/i7D,8D,9D,10D,19D,20D,21D,22D;. The number of nitrogens with zero attached hydrogens (tertiary/aromatic N) is 4. The van der Waals surface area contributed by atoms with E-state index >= 15 is 0 Å². The number of para-hydroxylation sites is 3. The van der Waals surface area contributed by atoms with Gasteiger partial charge in [-0.1, -0.05) is 186 Å². The zero-order chi connectivity index (χ0) is 61.0. The molecule has 1 aliphatic heterocycles. The van der Waals surface area contributed by atoms with E-state index < -0.39 is 36.3 Å². The van der Waals surface area contributed by atoms with Gasteiger partial charge in [0.2, 0.25) is 0 Å². The van der Waals surface area contributed by atoms with Crippen LogP contribution >= 0.6 is 0 Å². The number of pyridine rings is 1. The molecule has 5 heterocycles. The van der Waals surface area contributed by atoms with Gasteiger partial charge in [0.1, 0.15) is 17.0 Å². The molecule has 15 rings (SSSR count). The summed E-state index contributed by atoms with van der Waals surface area (Å²) in [6.45, 7) is 13.0. The molecule has 0 fully saturated rings. The van der Waals surface area contributed by atoms with Crippen molar-refractivity contribution in [3.05, 3.63) is 248 Å². The van der Waals surface area contributed by atoms with Crippen LogP contribution in [0.5, 0.6) is 11.5 Å². The number of ether oxygens (including phenoxy) is 1. The van der Waals surface area contributed by atoms with Gasteiger partial charge in [-0.05, 0) is 131 Å². The van der Waals surface area contributed by atoms with E-state index in [4.69, 9.17) is 14.1 Å². The largest absolute Gasteiger partial charge is 0.510 e. The second-order valence-electron chi connectivity index (χ2n) is 22.6. The summed E-state index contributed by atoms with van der Waals surface area (Å²) in [6, 6.07) is 57.1. The molecule has 0 atom stereocenters. The van der Waals surface area contributed by atoms with E-state index in [2.05, 4.69) is 119 Å². The predicted octanol–water partition coefficient (Wildman–Crippen LogP) is 18.7. The Balaban J connectivity index is 0.00000694. The predicted molar refractivity (Wildman–Crippen MR) is 325 cm³/mol. The fourth-order valence-corrected chi connectivity index (χ4v) is 11.5. The first-order valence-electron chi connectivity index (χ1n) is 30.8. The van der Waals surface area contributed by atoms with Crippen molar-refractivity contribution in [2.75, 3.05) is 0 Å². The molecule has 6 nitrogen and oxygen atoms in total. The van der Waals surface area contributed by atoms with Crippen LogP contribution in [0.1, 0.15) is 63.6 Å². The molecule has 14 aromatic rings. The van der Waals surface area contributed by atoms with Gasteiger partial charge in [0.25, 0.3) is 6.33 Å². The Bertz CT molecular complexity index is 5320. The molecule has 81 heavy (non-hydrogen) atoms. The molecule has 0 aliphatic carbocycles. The maximum absolute atomic E-state index is 9.99. The first-order chi connectivity index (χ1) is 42.2. The van der Waals surface area contributed by atoms with Gasteiger partial charge in [-0.15, -0.1) is 29.7 Å². The number of fused-ring (bicyclic) bond motifs is 13. The van der Waals surface area contributed by atoms with Gasteiger partial charge >= 0.3 is 0 Å². The molecular formula is C74H54N4O2Pt-2. The quantitative estimate of drug-likeness (QED) is 0.123. The maximum atomic E-state index is 9.99. The Morgan fingerprint density at radius 2 is 1.16 bits per heavy atom. The molecule has 394 valence electrons. The van der Waals surface area contributed by atoms with Gasteiger partial charge in [0.15, 0.2) is 0 Å². The molecule has 0 saturated heterocycles. The van der Waals surface area contributed by atoms with Crippen molar-refractivity contribution in [2.24, 2.45) is 0 Å². The molecule has 10 aromatic carbocycles. The number of rotatable bonds is 6. The maximum Gasteiger partial charge on any atom is 0.268 e. The summed E-state index contributed by atoms with van der Waals surface area (Å²) in [5.74, 6) is 1.57.